The summed E-state index contributed by atoms with van der Waals surface area (Å²) >= 11 is 0. The molecule has 8 heteroatoms. The van der Waals surface area contributed by atoms with Crippen LogP contribution < -0.4 is 23.7 Å². The van der Waals surface area contributed by atoms with Crippen molar-refractivity contribution in [1.29, 1.82) is 0 Å². The first kappa shape index (κ1) is 24.9. The quantitative estimate of drug-likeness (QED) is 0.412. The minimum absolute atomic E-state index is 0.311. The van der Waals surface area contributed by atoms with E-state index < -0.39 is 18.2 Å². The molecule has 0 fully saturated rings. The molecule has 1 N–H and O–H groups in total. The fourth-order valence-corrected chi connectivity index (χ4v) is 3.05. The molecule has 0 saturated heterocycles. The topological polar surface area (TPSA) is 92.7 Å². The Morgan fingerprint density at radius 1 is 0.938 bits per heavy atom. The zero-order valence-corrected chi connectivity index (χ0v) is 19.2. The van der Waals surface area contributed by atoms with Gasteiger partial charge in [0, 0.05) is 6.08 Å². The number of rotatable bonds is 11. The van der Waals surface area contributed by atoms with Crippen LogP contribution in [0.5, 0.6) is 28.7 Å². The summed E-state index contributed by atoms with van der Waals surface area (Å²) in [6, 6.07) is 8.55. The summed E-state index contributed by atoms with van der Waals surface area (Å²) in [7, 11) is 6.05. The maximum Gasteiger partial charge on any atom is 0.330 e. The summed E-state index contributed by atoms with van der Waals surface area (Å²) in [4.78, 5) is 11.5. The van der Waals surface area contributed by atoms with Crippen molar-refractivity contribution < 1.29 is 38.3 Å². The molecule has 0 aliphatic rings. The molecule has 2 rings (SSSR count). The number of aliphatic hydroxyl groups is 1. The Morgan fingerprint density at radius 2 is 1.56 bits per heavy atom. The Morgan fingerprint density at radius 3 is 2.09 bits per heavy atom. The largest absolute Gasteiger partial charge is 0.493 e. The minimum Gasteiger partial charge on any atom is -0.493 e. The van der Waals surface area contributed by atoms with E-state index in [0.29, 0.717) is 40.9 Å². The first-order chi connectivity index (χ1) is 15.4. The fourth-order valence-electron chi connectivity index (χ4n) is 3.05. The van der Waals surface area contributed by atoms with E-state index in [9.17, 15) is 9.90 Å². The van der Waals surface area contributed by atoms with E-state index in [2.05, 4.69) is 0 Å². The van der Waals surface area contributed by atoms with E-state index in [0.717, 1.165) is 5.56 Å². The average Bonchev–Trinajstić information content (AvgIpc) is 2.81. The van der Waals surface area contributed by atoms with E-state index >= 15 is 0 Å². The lowest BCUT2D eigenvalue weighted by Gasteiger charge is -2.23. The number of methoxy groups -OCH3 is 4. The number of carbonyl (C=O) groups excluding carboxylic acids is 1. The predicted molar refractivity (Wildman–Crippen MR) is 120 cm³/mol. The van der Waals surface area contributed by atoms with Gasteiger partial charge in [-0.2, -0.15) is 0 Å². The van der Waals surface area contributed by atoms with Gasteiger partial charge in [0.1, 0.15) is 12.2 Å². The number of carbonyl (C=O) groups is 1. The molecule has 32 heavy (non-hydrogen) atoms. The molecule has 2 atom stereocenters. The van der Waals surface area contributed by atoms with E-state index in [4.69, 9.17) is 28.4 Å². The zero-order chi connectivity index (χ0) is 23.7. The van der Waals surface area contributed by atoms with Crippen molar-refractivity contribution in [3.05, 3.63) is 47.5 Å². The van der Waals surface area contributed by atoms with Crippen LogP contribution in [0.2, 0.25) is 0 Å². The fraction of sp³-hybridized carbons (Fsp3) is 0.375. The normalized spacial score (nSPS) is 12.7. The summed E-state index contributed by atoms with van der Waals surface area (Å²) in [6.45, 7) is 3.79. The number of hydrogen-bond acceptors (Lipinski definition) is 8. The highest BCUT2D eigenvalue weighted by atomic mass is 16.5. The van der Waals surface area contributed by atoms with Crippen LogP contribution in [0.3, 0.4) is 0 Å². The van der Waals surface area contributed by atoms with Crippen LogP contribution in [0.1, 0.15) is 31.1 Å². The second-order valence-electron chi connectivity index (χ2n) is 6.72. The van der Waals surface area contributed by atoms with Gasteiger partial charge in [0.2, 0.25) is 5.75 Å². The lowest BCUT2D eigenvalue weighted by atomic mass is 10.0. The van der Waals surface area contributed by atoms with E-state index in [1.165, 1.54) is 34.5 Å². The van der Waals surface area contributed by atoms with E-state index in [1.54, 1.807) is 50.3 Å². The maximum absolute atomic E-state index is 11.5. The number of hydrogen-bond donors (Lipinski definition) is 1. The first-order valence-electron chi connectivity index (χ1n) is 10.1. The molecule has 2 aromatic carbocycles. The highest BCUT2D eigenvalue weighted by Gasteiger charge is 2.23. The van der Waals surface area contributed by atoms with Gasteiger partial charge in [-0.1, -0.05) is 6.07 Å². The molecule has 0 saturated carbocycles. The first-order valence-corrected chi connectivity index (χ1v) is 10.1. The number of ether oxygens (including phenoxy) is 6. The second kappa shape index (κ2) is 11.9. The predicted octanol–water partition coefficient (Wildman–Crippen LogP) is 3.80. The highest BCUT2D eigenvalue weighted by Crippen LogP contribution is 2.41. The lowest BCUT2D eigenvalue weighted by molar-refractivity contribution is -0.137. The highest BCUT2D eigenvalue weighted by molar-refractivity contribution is 5.87. The molecule has 8 nitrogen and oxygen atoms in total. The summed E-state index contributed by atoms with van der Waals surface area (Å²) in [5.74, 6) is 1.79. The monoisotopic (exact) mass is 446 g/mol. The molecule has 2 aromatic rings. The second-order valence-corrected chi connectivity index (χ2v) is 6.72. The van der Waals surface area contributed by atoms with Crippen LogP contribution in [0.15, 0.2) is 36.4 Å². The Bertz CT molecular complexity index is 913. The van der Waals surface area contributed by atoms with Gasteiger partial charge in [-0.05, 0) is 55.3 Å². The van der Waals surface area contributed by atoms with Crippen molar-refractivity contribution in [2.45, 2.75) is 26.1 Å². The van der Waals surface area contributed by atoms with Crippen LogP contribution in [0, 0.1) is 0 Å². The number of aliphatic hydroxyl groups excluding tert-OH is 1. The lowest BCUT2D eigenvalue weighted by Crippen LogP contribution is -2.22. The molecular weight excluding hydrogens is 416 g/mol. The van der Waals surface area contributed by atoms with Crippen molar-refractivity contribution in [1.82, 2.24) is 0 Å². The molecule has 0 spiro atoms. The van der Waals surface area contributed by atoms with Crippen LogP contribution in [-0.4, -0.2) is 52.2 Å². The standard InChI is InChI=1S/C24H30O8/c1-7-31-22(25)11-9-16-8-10-18(19(12-16)27-3)32-15(2)23(26)17-13-20(28-4)24(30-6)21(14-17)29-5/h8-15,23,26H,7H2,1-6H3/b11-9+/t15-,23+/m0/s1. The van der Waals surface area contributed by atoms with Gasteiger partial charge in [0.15, 0.2) is 23.0 Å². The number of esters is 1. The summed E-state index contributed by atoms with van der Waals surface area (Å²) in [5, 5.41) is 10.9. The molecule has 0 amide bonds. The zero-order valence-electron chi connectivity index (χ0n) is 19.2. The molecule has 0 aliphatic carbocycles. The maximum atomic E-state index is 11.5. The van der Waals surface area contributed by atoms with Gasteiger partial charge in [-0.3, -0.25) is 0 Å². The minimum atomic E-state index is -0.989. The van der Waals surface area contributed by atoms with E-state index in [-0.39, 0.29) is 0 Å². The van der Waals surface area contributed by atoms with Gasteiger partial charge in [-0.15, -0.1) is 0 Å². The Hall–Kier alpha value is -3.39. The third-order valence-corrected chi connectivity index (χ3v) is 4.67. The molecule has 0 aromatic heterocycles. The molecule has 0 radical (unpaired) electrons. The van der Waals surface area contributed by atoms with Crippen LogP contribution in [-0.2, 0) is 9.53 Å². The summed E-state index contributed by atoms with van der Waals surface area (Å²) < 4.78 is 32.3. The molecular formula is C24H30O8. The van der Waals surface area contributed by atoms with Gasteiger partial charge < -0.3 is 33.5 Å². The SMILES string of the molecule is CCOC(=O)/C=C/c1ccc(O[C@@H](C)[C@@H](O)c2cc(OC)c(OC)c(OC)c2)c(OC)c1. The molecule has 0 aliphatic heterocycles. The third kappa shape index (κ3) is 6.07. The van der Waals surface area contributed by atoms with Crippen molar-refractivity contribution in [2.24, 2.45) is 0 Å². The Balaban J connectivity index is 2.23. The Kier molecular flexibility index (Phi) is 9.22. The molecule has 0 bridgehead atoms. The van der Waals surface area contributed by atoms with Gasteiger partial charge >= 0.3 is 5.97 Å². The molecule has 0 unspecified atom stereocenters. The van der Waals surface area contributed by atoms with E-state index in [1.807, 2.05) is 0 Å². The third-order valence-electron chi connectivity index (χ3n) is 4.67. The summed E-state index contributed by atoms with van der Waals surface area (Å²) in [6.07, 6.45) is 1.35. The van der Waals surface area contributed by atoms with Crippen LogP contribution in [0.4, 0.5) is 0 Å². The van der Waals surface area contributed by atoms with Crippen molar-refractivity contribution in [3.63, 3.8) is 0 Å². The van der Waals surface area contributed by atoms with Crippen molar-refractivity contribution in [3.8, 4) is 28.7 Å². The van der Waals surface area contributed by atoms with Crippen molar-refractivity contribution >= 4 is 12.0 Å². The summed E-state index contributed by atoms with van der Waals surface area (Å²) in [5.41, 5.74) is 1.28. The molecule has 0 heterocycles. The van der Waals surface area contributed by atoms with Gasteiger partial charge in [0.05, 0.1) is 35.0 Å². The number of benzene rings is 2. The average molecular weight is 446 g/mol. The Labute approximate surface area is 188 Å². The van der Waals surface area contributed by atoms with Gasteiger partial charge in [0.25, 0.3) is 0 Å². The van der Waals surface area contributed by atoms with Crippen LogP contribution >= 0.6 is 0 Å². The van der Waals surface area contributed by atoms with Gasteiger partial charge in [-0.25, -0.2) is 4.79 Å². The van der Waals surface area contributed by atoms with Crippen LogP contribution in [0.25, 0.3) is 6.08 Å². The van der Waals surface area contributed by atoms with Crippen molar-refractivity contribution in [2.75, 3.05) is 35.0 Å². The smallest absolute Gasteiger partial charge is 0.330 e. The molecule has 174 valence electrons.